The highest BCUT2D eigenvalue weighted by Gasteiger charge is 2.32. The van der Waals surface area contributed by atoms with E-state index in [9.17, 15) is 9.00 Å². The molecule has 0 saturated carbocycles. The second-order valence-electron chi connectivity index (χ2n) is 5.48. The number of hydrogen-bond acceptors (Lipinski definition) is 4. The molecule has 1 rings (SSSR count). The zero-order valence-electron chi connectivity index (χ0n) is 11.6. The zero-order valence-corrected chi connectivity index (χ0v) is 13.2. The molecular formula is C12H23NO3S2. The summed E-state index contributed by atoms with van der Waals surface area (Å²) in [5.41, 5.74) is -0.470. The van der Waals surface area contributed by atoms with E-state index in [4.69, 9.17) is 4.74 Å². The van der Waals surface area contributed by atoms with Crippen LogP contribution in [0.15, 0.2) is 0 Å². The molecule has 1 saturated heterocycles. The summed E-state index contributed by atoms with van der Waals surface area (Å²) in [6.07, 6.45) is 3.57. The lowest BCUT2D eigenvalue weighted by molar-refractivity contribution is 0.0241. The summed E-state index contributed by atoms with van der Waals surface area (Å²) in [6.45, 7) is 6.31. The Morgan fingerprint density at radius 1 is 1.50 bits per heavy atom. The quantitative estimate of drug-likeness (QED) is 0.799. The Hall–Kier alpha value is -0.230. The Morgan fingerprint density at radius 2 is 2.17 bits per heavy atom. The smallest absolute Gasteiger partial charge is 0.410 e. The predicted octanol–water partition coefficient (Wildman–Crippen LogP) is 2.46. The zero-order chi connectivity index (χ0) is 13.8. The molecule has 1 aliphatic heterocycles. The number of amides is 1. The van der Waals surface area contributed by atoms with Crippen molar-refractivity contribution < 1.29 is 13.7 Å². The van der Waals surface area contributed by atoms with Crippen molar-refractivity contribution in [1.29, 1.82) is 0 Å². The summed E-state index contributed by atoms with van der Waals surface area (Å²) in [6, 6.07) is 0.0767. The second kappa shape index (κ2) is 6.80. The Morgan fingerprint density at radius 3 is 2.72 bits per heavy atom. The fourth-order valence-corrected chi connectivity index (χ4v) is 4.18. The van der Waals surface area contributed by atoms with E-state index in [0.29, 0.717) is 10.8 Å². The van der Waals surface area contributed by atoms with Gasteiger partial charge in [0, 0.05) is 29.1 Å². The lowest BCUT2D eigenvalue weighted by atomic mass is 10.2. The van der Waals surface area contributed by atoms with Gasteiger partial charge in [0.25, 0.3) is 0 Å². The first-order valence-corrected chi connectivity index (χ1v) is 9.05. The normalized spacial score (nSPS) is 22.0. The summed E-state index contributed by atoms with van der Waals surface area (Å²) in [4.78, 5) is 13.7. The van der Waals surface area contributed by atoms with Gasteiger partial charge < -0.3 is 9.64 Å². The molecule has 1 fully saturated rings. The first-order chi connectivity index (χ1) is 8.33. The second-order valence-corrected chi connectivity index (χ2v) is 8.22. The Bertz CT molecular complexity index is 315. The number of likely N-dealkylation sites (tertiary alicyclic amines) is 1. The third-order valence-corrected chi connectivity index (χ3v) is 5.38. The fraction of sp³-hybridized carbons (Fsp3) is 0.917. The third-order valence-electron chi connectivity index (χ3n) is 2.63. The average molecular weight is 293 g/mol. The van der Waals surface area contributed by atoms with Crippen LogP contribution in [0.1, 0.15) is 33.6 Å². The van der Waals surface area contributed by atoms with Crippen molar-refractivity contribution in [3.05, 3.63) is 0 Å². The Kier molecular flexibility index (Phi) is 5.98. The van der Waals surface area contributed by atoms with Crippen LogP contribution in [0, 0.1) is 0 Å². The number of hydrogen-bond donors (Lipinski definition) is 0. The Balaban J connectivity index is 2.54. The molecule has 2 unspecified atom stereocenters. The highest BCUT2D eigenvalue weighted by atomic mass is 32.2. The van der Waals surface area contributed by atoms with Gasteiger partial charge in [0.1, 0.15) is 5.60 Å². The van der Waals surface area contributed by atoms with Crippen LogP contribution >= 0.6 is 11.8 Å². The number of carbonyl (C=O) groups excluding carboxylic acids is 1. The molecule has 0 radical (unpaired) electrons. The van der Waals surface area contributed by atoms with Gasteiger partial charge in [-0.25, -0.2) is 4.79 Å². The molecule has 0 aromatic heterocycles. The van der Waals surface area contributed by atoms with Crippen LogP contribution in [0.5, 0.6) is 0 Å². The average Bonchev–Trinajstić information content (AvgIpc) is 2.63. The molecule has 18 heavy (non-hydrogen) atoms. The van der Waals surface area contributed by atoms with E-state index in [0.717, 1.165) is 19.4 Å². The minimum Gasteiger partial charge on any atom is -0.444 e. The molecule has 2 atom stereocenters. The maximum Gasteiger partial charge on any atom is 0.410 e. The van der Waals surface area contributed by atoms with Crippen LogP contribution in [-0.4, -0.2) is 50.5 Å². The molecule has 1 amide bonds. The van der Waals surface area contributed by atoms with E-state index in [1.807, 2.05) is 27.0 Å². The van der Waals surface area contributed by atoms with Gasteiger partial charge in [0.2, 0.25) is 0 Å². The molecule has 0 N–H and O–H groups in total. The van der Waals surface area contributed by atoms with Crippen molar-refractivity contribution in [1.82, 2.24) is 4.90 Å². The monoisotopic (exact) mass is 293 g/mol. The first-order valence-electron chi connectivity index (χ1n) is 6.17. The van der Waals surface area contributed by atoms with E-state index >= 15 is 0 Å². The number of nitrogens with zero attached hydrogens (tertiary/aromatic N) is 1. The Labute approximate surface area is 116 Å². The molecule has 106 valence electrons. The molecule has 0 aromatic carbocycles. The van der Waals surface area contributed by atoms with Crippen LogP contribution in [0.25, 0.3) is 0 Å². The summed E-state index contributed by atoms with van der Waals surface area (Å²) >= 11 is 1.58. The number of ether oxygens (including phenoxy) is 1. The summed E-state index contributed by atoms with van der Waals surface area (Å²) in [5, 5.41) is 0.638. The van der Waals surface area contributed by atoms with Gasteiger partial charge in [-0.05, 0) is 39.9 Å². The van der Waals surface area contributed by atoms with Crippen molar-refractivity contribution in [2.75, 3.05) is 23.6 Å². The van der Waals surface area contributed by atoms with Crippen LogP contribution in [0.4, 0.5) is 4.79 Å². The van der Waals surface area contributed by atoms with Gasteiger partial charge in [-0.3, -0.25) is 4.21 Å². The lowest BCUT2D eigenvalue weighted by Gasteiger charge is -2.28. The van der Waals surface area contributed by atoms with Crippen molar-refractivity contribution >= 4 is 28.7 Å². The van der Waals surface area contributed by atoms with Gasteiger partial charge in [-0.2, -0.15) is 11.8 Å². The number of rotatable bonds is 4. The highest BCUT2D eigenvalue weighted by Crippen LogP contribution is 2.21. The molecule has 4 nitrogen and oxygen atoms in total. The molecule has 0 bridgehead atoms. The fourth-order valence-electron chi connectivity index (χ4n) is 1.96. The third kappa shape index (κ3) is 5.18. The van der Waals surface area contributed by atoms with Crippen LogP contribution in [0.3, 0.4) is 0 Å². The molecule has 1 aliphatic rings. The molecular weight excluding hydrogens is 270 g/mol. The maximum absolute atomic E-state index is 12.0. The minimum atomic E-state index is -0.857. The van der Waals surface area contributed by atoms with Crippen LogP contribution < -0.4 is 0 Å². The van der Waals surface area contributed by atoms with Gasteiger partial charge in [0.05, 0.1) is 5.08 Å². The van der Waals surface area contributed by atoms with Crippen molar-refractivity contribution in [3.63, 3.8) is 0 Å². The van der Waals surface area contributed by atoms with Crippen molar-refractivity contribution in [2.45, 2.75) is 45.3 Å². The lowest BCUT2D eigenvalue weighted by Crippen LogP contribution is -2.42. The van der Waals surface area contributed by atoms with E-state index in [2.05, 4.69) is 0 Å². The van der Waals surface area contributed by atoms with E-state index in [-0.39, 0.29) is 12.1 Å². The standard InChI is InChI=1S/C12H23NO3S2/c1-12(2,3)16-11(14)13-7-5-6-10(13)8-18(15)9-17-4/h10H,5-9H2,1-4H3. The SMILES string of the molecule is CSCS(=O)CC1CCCN1C(=O)OC(C)(C)C. The van der Waals surface area contributed by atoms with Crippen molar-refractivity contribution in [2.24, 2.45) is 0 Å². The molecule has 1 heterocycles. The number of thioether (sulfide) groups is 1. The van der Waals surface area contributed by atoms with Gasteiger partial charge in [-0.15, -0.1) is 0 Å². The molecule has 0 aromatic rings. The van der Waals surface area contributed by atoms with Gasteiger partial charge >= 0.3 is 6.09 Å². The van der Waals surface area contributed by atoms with E-state index in [1.54, 1.807) is 16.7 Å². The molecule has 0 spiro atoms. The highest BCUT2D eigenvalue weighted by molar-refractivity contribution is 8.09. The van der Waals surface area contributed by atoms with Crippen LogP contribution in [-0.2, 0) is 15.5 Å². The predicted molar refractivity (Wildman–Crippen MR) is 77.4 cm³/mol. The summed E-state index contributed by atoms with van der Waals surface area (Å²) < 4.78 is 17.1. The van der Waals surface area contributed by atoms with E-state index < -0.39 is 16.4 Å². The first kappa shape index (κ1) is 15.8. The molecule has 0 aliphatic carbocycles. The maximum atomic E-state index is 12.0. The topological polar surface area (TPSA) is 46.6 Å². The van der Waals surface area contributed by atoms with E-state index in [1.165, 1.54) is 0 Å². The minimum absolute atomic E-state index is 0.0767. The van der Waals surface area contributed by atoms with Crippen LogP contribution in [0.2, 0.25) is 0 Å². The van der Waals surface area contributed by atoms with Gasteiger partial charge in [-0.1, -0.05) is 0 Å². The summed E-state index contributed by atoms with van der Waals surface area (Å²) in [5.74, 6) is 0.570. The summed E-state index contributed by atoms with van der Waals surface area (Å²) in [7, 11) is -0.857. The molecule has 6 heteroatoms. The van der Waals surface area contributed by atoms with Crippen molar-refractivity contribution in [3.8, 4) is 0 Å². The van der Waals surface area contributed by atoms with Gasteiger partial charge in [0.15, 0.2) is 0 Å². The number of carbonyl (C=O) groups is 1. The largest absolute Gasteiger partial charge is 0.444 e.